The van der Waals surface area contributed by atoms with Gasteiger partial charge in [0.1, 0.15) is 0 Å². The zero-order valence-electron chi connectivity index (χ0n) is 15.2. The number of carbonyl (C=O) groups excluding carboxylic acids is 1. The quantitative estimate of drug-likeness (QED) is 0.904. The molecule has 136 valence electrons. The normalized spacial score (nSPS) is 17.9. The fourth-order valence-electron chi connectivity index (χ4n) is 3.28. The maximum Gasteiger partial charge on any atom is 0.317 e. The third-order valence-electron chi connectivity index (χ3n) is 4.70. The molecule has 7 heteroatoms. The molecule has 1 aliphatic rings. The van der Waals surface area contributed by atoms with E-state index in [1.54, 1.807) is 0 Å². The van der Waals surface area contributed by atoms with E-state index in [9.17, 15) is 4.79 Å². The van der Waals surface area contributed by atoms with Crippen molar-refractivity contribution < 1.29 is 9.32 Å². The molecule has 1 N–H and O–H groups in total. The molecule has 0 saturated carbocycles. The molecule has 2 aromatic rings. The summed E-state index contributed by atoms with van der Waals surface area (Å²) in [4.78, 5) is 18.9. The number of likely N-dealkylation sites (tertiary alicyclic amines) is 1. The average molecular weight is 345 g/mol. The molecule has 2 aromatic heterocycles. The Morgan fingerprint density at radius 1 is 1.44 bits per heavy atom. The summed E-state index contributed by atoms with van der Waals surface area (Å²) in [7, 11) is 2.03. The number of piperidine rings is 1. The van der Waals surface area contributed by atoms with Crippen molar-refractivity contribution in [2.75, 3.05) is 13.1 Å². The van der Waals surface area contributed by atoms with Gasteiger partial charge in [-0.05, 0) is 31.4 Å². The predicted molar refractivity (Wildman–Crippen MR) is 94.2 cm³/mol. The lowest BCUT2D eigenvalue weighted by Gasteiger charge is -2.36. The van der Waals surface area contributed by atoms with Crippen molar-refractivity contribution in [2.45, 2.75) is 51.5 Å². The highest BCUT2D eigenvalue weighted by molar-refractivity contribution is 5.74. The standard InChI is InChI=1S/C18H27N5O2/c1-13(2)17-20-16(25-21-17)9-10-19-18(24)23-12-5-4-7-15(23)14-8-6-11-22(14)3/h6,8,11,13,15H,4-5,7,9-10,12H2,1-3H3,(H,19,24)/t15-/m1/s1. The molecule has 2 amide bonds. The second-order valence-corrected chi connectivity index (χ2v) is 6.93. The number of aryl methyl sites for hydroxylation is 1. The van der Waals surface area contributed by atoms with Gasteiger partial charge in [0, 0.05) is 44.4 Å². The first-order valence-corrected chi connectivity index (χ1v) is 9.04. The molecule has 1 aliphatic heterocycles. The van der Waals surface area contributed by atoms with Gasteiger partial charge in [-0.15, -0.1) is 0 Å². The Balaban J connectivity index is 1.56. The van der Waals surface area contributed by atoms with E-state index in [2.05, 4.69) is 26.1 Å². The van der Waals surface area contributed by atoms with Crippen LogP contribution in [0.4, 0.5) is 4.79 Å². The van der Waals surface area contributed by atoms with Crippen LogP contribution in [0.3, 0.4) is 0 Å². The van der Waals surface area contributed by atoms with E-state index in [1.807, 2.05) is 38.1 Å². The molecule has 0 aromatic carbocycles. The number of urea groups is 1. The summed E-state index contributed by atoms with van der Waals surface area (Å²) in [6.45, 7) is 5.33. The van der Waals surface area contributed by atoms with Gasteiger partial charge in [-0.25, -0.2) is 4.79 Å². The van der Waals surface area contributed by atoms with Gasteiger partial charge >= 0.3 is 6.03 Å². The SMILES string of the molecule is CC(C)c1noc(CCNC(=O)N2CCCC[C@@H]2c2cccn2C)n1. The molecule has 3 rings (SSSR count). The zero-order valence-corrected chi connectivity index (χ0v) is 15.2. The van der Waals surface area contributed by atoms with Crippen LogP contribution >= 0.6 is 0 Å². The van der Waals surface area contributed by atoms with Gasteiger partial charge in [-0.3, -0.25) is 0 Å². The highest BCUT2D eigenvalue weighted by atomic mass is 16.5. The third-order valence-corrected chi connectivity index (χ3v) is 4.70. The Kier molecular flexibility index (Phi) is 5.40. The molecule has 1 atom stereocenters. The van der Waals surface area contributed by atoms with E-state index in [0.29, 0.717) is 24.7 Å². The van der Waals surface area contributed by atoms with Crippen LogP contribution in [0.1, 0.15) is 62.5 Å². The van der Waals surface area contributed by atoms with Gasteiger partial charge in [-0.2, -0.15) is 4.98 Å². The van der Waals surface area contributed by atoms with Crippen molar-refractivity contribution in [3.05, 3.63) is 35.7 Å². The molecule has 0 aliphatic carbocycles. The number of hydrogen-bond acceptors (Lipinski definition) is 4. The molecule has 0 radical (unpaired) electrons. The van der Waals surface area contributed by atoms with Gasteiger partial charge < -0.3 is 19.3 Å². The summed E-state index contributed by atoms with van der Waals surface area (Å²) in [5.41, 5.74) is 1.19. The van der Waals surface area contributed by atoms with E-state index in [4.69, 9.17) is 4.52 Å². The van der Waals surface area contributed by atoms with Crippen LogP contribution in [0, 0.1) is 0 Å². The smallest absolute Gasteiger partial charge is 0.317 e. The number of aromatic nitrogens is 3. The molecule has 3 heterocycles. The molecule has 0 spiro atoms. The van der Waals surface area contributed by atoms with Crippen LogP contribution in [0.2, 0.25) is 0 Å². The van der Waals surface area contributed by atoms with Crippen LogP contribution in [-0.2, 0) is 13.5 Å². The Bertz CT molecular complexity index is 706. The van der Waals surface area contributed by atoms with Gasteiger partial charge in [0.05, 0.1) is 6.04 Å². The summed E-state index contributed by atoms with van der Waals surface area (Å²) < 4.78 is 7.32. The minimum atomic E-state index is -0.0190. The zero-order chi connectivity index (χ0) is 17.8. The minimum Gasteiger partial charge on any atom is -0.353 e. The number of amides is 2. The van der Waals surface area contributed by atoms with Gasteiger partial charge in [0.25, 0.3) is 0 Å². The first kappa shape index (κ1) is 17.5. The van der Waals surface area contributed by atoms with Crippen molar-refractivity contribution in [1.82, 2.24) is 24.9 Å². The van der Waals surface area contributed by atoms with E-state index >= 15 is 0 Å². The summed E-state index contributed by atoms with van der Waals surface area (Å²) in [6.07, 6.45) is 5.79. The molecule has 1 fully saturated rings. The third kappa shape index (κ3) is 4.03. The number of rotatable bonds is 5. The molecular formula is C18H27N5O2. The van der Waals surface area contributed by atoms with Crippen molar-refractivity contribution in [2.24, 2.45) is 7.05 Å². The van der Waals surface area contributed by atoms with Gasteiger partial charge in [0.2, 0.25) is 5.89 Å². The van der Waals surface area contributed by atoms with E-state index in [-0.39, 0.29) is 18.0 Å². The lowest BCUT2D eigenvalue weighted by Crippen LogP contribution is -2.45. The molecule has 25 heavy (non-hydrogen) atoms. The Morgan fingerprint density at radius 2 is 2.28 bits per heavy atom. The summed E-state index contributed by atoms with van der Waals surface area (Å²) >= 11 is 0. The Morgan fingerprint density at radius 3 is 2.96 bits per heavy atom. The summed E-state index contributed by atoms with van der Waals surface area (Å²) in [5, 5.41) is 6.95. The minimum absolute atomic E-state index is 0.0190. The fraction of sp³-hybridized carbons (Fsp3) is 0.611. The maximum atomic E-state index is 12.7. The molecular weight excluding hydrogens is 318 g/mol. The van der Waals surface area contributed by atoms with Crippen molar-refractivity contribution in [3.63, 3.8) is 0 Å². The molecule has 0 bridgehead atoms. The maximum absolute atomic E-state index is 12.7. The number of nitrogens with one attached hydrogen (secondary N) is 1. The van der Waals surface area contributed by atoms with Gasteiger partial charge in [0.15, 0.2) is 5.82 Å². The number of carbonyl (C=O) groups is 1. The average Bonchev–Trinajstić information content (AvgIpc) is 3.24. The van der Waals surface area contributed by atoms with E-state index < -0.39 is 0 Å². The van der Waals surface area contributed by atoms with Crippen LogP contribution in [0.5, 0.6) is 0 Å². The van der Waals surface area contributed by atoms with Crippen molar-refractivity contribution in [3.8, 4) is 0 Å². The van der Waals surface area contributed by atoms with Crippen molar-refractivity contribution in [1.29, 1.82) is 0 Å². The number of nitrogens with zero attached hydrogens (tertiary/aromatic N) is 4. The second kappa shape index (κ2) is 7.72. The Hall–Kier alpha value is -2.31. The summed E-state index contributed by atoms with van der Waals surface area (Å²) in [6, 6.07) is 4.25. The molecule has 7 nitrogen and oxygen atoms in total. The fourth-order valence-corrected chi connectivity index (χ4v) is 3.28. The van der Waals surface area contributed by atoms with E-state index in [0.717, 1.165) is 25.8 Å². The monoisotopic (exact) mass is 345 g/mol. The first-order chi connectivity index (χ1) is 12.1. The highest BCUT2D eigenvalue weighted by Gasteiger charge is 2.29. The lowest BCUT2D eigenvalue weighted by molar-refractivity contribution is 0.148. The second-order valence-electron chi connectivity index (χ2n) is 6.93. The lowest BCUT2D eigenvalue weighted by atomic mass is 10.00. The van der Waals surface area contributed by atoms with E-state index in [1.165, 1.54) is 5.69 Å². The van der Waals surface area contributed by atoms with Crippen LogP contribution in [0.25, 0.3) is 0 Å². The molecule has 1 saturated heterocycles. The topological polar surface area (TPSA) is 76.2 Å². The van der Waals surface area contributed by atoms with Crippen LogP contribution < -0.4 is 5.32 Å². The van der Waals surface area contributed by atoms with Crippen molar-refractivity contribution >= 4 is 6.03 Å². The first-order valence-electron chi connectivity index (χ1n) is 9.04. The summed E-state index contributed by atoms with van der Waals surface area (Å²) in [5.74, 6) is 1.52. The number of hydrogen-bond donors (Lipinski definition) is 1. The van der Waals surface area contributed by atoms with Crippen LogP contribution in [-0.4, -0.2) is 38.7 Å². The molecule has 0 unspecified atom stereocenters. The Labute approximate surface area is 148 Å². The highest BCUT2D eigenvalue weighted by Crippen LogP contribution is 2.30. The predicted octanol–water partition coefficient (Wildman–Crippen LogP) is 3.01. The largest absolute Gasteiger partial charge is 0.353 e. The van der Waals surface area contributed by atoms with Crippen LogP contribution in [0.15, 0.2) is 22.9 Å². The van der Waals surface area contributed by atoms with Gasteiger partial charge in [-0.1, -0.05) is 19.0 Å².